The lowest BCUT2D eigenvalue weighted by Gasteiger charge is -2.38. The molecule has 0 bridgehead atoms. The number of Topliss-reactive ketones (excluding diaryl/α,β-unsaturated/α-hetero) is 1. The van der Waals surface area contributed by atoms with Crippen LogP contribution in [0.15, 0.2) is 54.6 Å². The Hall–Kier alpha value is -1.60. The molecule has 2 aromatic carbocycles. The summed E-state index contributed by atoms with van der Waals surface area (Å²) in [5.74, 6) is 0.263. The Bertz CT molecular complexity index is 703. The van der Waals surface area contributed by atoms with Crippen LogP contribution in [0.3, 0.4) is 0 Å². The van der Waals surface area contributed by atoms with E-state index in [4.69, 9.17) is 11.6 Å². The van der Waals surface area contributed by atoms with Gasteiger partial charge in [-0.15, -0.1) is 11.6 Å². The van der Waals surface area contributed by atoms with E-state index in [0.29, 0.717) is 0 Å². The quantitative estimate of drug-likeness (QED) is 0.425. The first kappa shape index (κ1) is 18.2. The number of hydrogen-bond acceptors (Lipinski definition) is 1. The Labute approximate surface area is 156 Å². The molecule has 25 heavy (non-hydrogen) atoms. The van der Waals surface area contributed by atoms with E-state index in [1.807, 2.05) is 36.4 Å². The molecule has 1 saturated carbocycles. The lowest BCUT2D eigenvalue weighted by atomic mass is 9.71. The molecule has 1 fully saturated rings. The maximum absolute atomic E-state index is 13.6. The zero-order chi connectivity index (χ0) is 17.7. The number of alkyl halides is 1. The monoisotopic (exact) mass is 354 g/mol. The van der Waals surface area contributed by atoms with Crippen LogP contribution in [0.25, 0.3) is 0 Å². The number of benzene rings is 2. The second-order valence-electron chi connectivity index (χ2n) is 7.15. The number of hydrogen-bond donors (Lipinski definition) is 0. The topological polar surface area (TPSA) is 17.1 Å². The molecule has 0 spiro atoms. The molecule has 2 heteroatoms. The van der Waals surface area contributed by atoms with Gasteiger partial charge in [0.1, 0.15) is 4.87 Å². The lowest BCUT2D eigenvalue weighted by molar-refractivity contribution is 0.0875. The van der Waals surface area contributed by atoms with E-state index in [1.54, 1.807) is 0 Å². The van der Waals surface area contributed by atoms with Crippen molar-refractivity contribution >= 4 is 17.4 Å². The molecular weight excluding hydrogens is 328 g/mol. The largest absolute Gasteiger partial charge is 0.292 e. The Kier molecular flexibility index (Phi) is 5.96. The van der Waals surface area contributed by atoms with Gasteiger partial charge in [-0.05, 0) is 36.3 Å². The third-order valence-corrected chi connectivity index (χ3v) is 6.15. The van der Waals surface area contributed by atoms with Crippen molar-refractivity contribution < 1.29 is 4.79 Å². The van der Waals surface area contributed by atoms with Gasteiger partial charge in [-0.1, -0.05) is 87.2 Å². The first-order valence-corrected chi connectivity index (χ1v) is 9.92. The molecule has 1 aliphatic rings. The number of rotatable bonds is 6. The third-order valence-electron chi connectivity index (χ3n) is 5.46. The van der Waals surface area contributed by atoms with Gasteiger partial charge in [0, 0.05) is 5.56 Å². The van der Waals surface area contributed by atoms with Crippen molar-refractivity contribution in [3.8, 4) is 0 Å². The van der Waals surface area contributed by atoms with Gasteiger partial charge in [0.05, 0.1) is 0 Å². The van der Waals surface area contributed by atoms with Gasteiger partial charge in [-0.25, -0.2) is 0 Å². The van der Waals surface area contributed by atoms with Crippen molar-refractivity contribution in [1.29, 1.82) is 0 Å². The molecule has 0 N–H and O–H groups in total. The normalized spacial score (nSPS) is 17.8. The van der Waals surface area contributed by atoms with E-state index < -0.39 is 4.87 Å². The molecule has 2 aromatic rings. The summed E-state index contributed by atoms with van der Waals surface area (Å²) in [6, 6.07) is 17.9. The van der Waals surface area contributed by atoms with E-state index >= 15 is 0 Å². The first-order valence-electron chi connectivity index (χ1n) is 9.55. The molecule has 3 rings (SSSR count). The van der Waals surface area contributed by atoms with Crippen LogP contribution in [0.5, 0.6) is 0 Å². The minimum absolute atomic E-state index is 0.0604. The van der Waals surface area contributed by atoms with E-state index in [9.17, 15) is 4.79 Å². The molecular formula is C23H27ClO. The Morgan fingerprint density at radius 2 is 1.64 bits per heavy atom. The van der Waals surface area contributed by atoms with Crippen molar-refractivity contribution in [2.75, 3.05) is 0 Å². The van der Waals surface area contributed by atoms with E-state index in [0.717, 1.165) is 49.7 Å². The summed E-state index contributed by atoms with van der Waals surface area (Å²) in [4.78, 5) is 12.6. The first-order chi connectivity index (χ1) is 12.2. The van der Waals surface area contributed by atoms with Crippen LogP contribution in [-0.2, 0) is 11.3 Å². The van der Waals surface area contributed by atoms with Gasteiger partial charge < -0.3 is 0 Å². The molecule has 0 aliphatic heterocycles. The van der Waals surface area contributed by atoms with Crippen LogP contribution in [0, 0.1) is 5.92 Å². The predicted molar refractivity (Wildman–Crippen MR) is 105 cm³/mol. The van der Waals surface area contributed by atoms with Crippen LogP contribution in [0.1, 0.15) is 66.9 Å². The second kappa shape index (κ2) is 8.19. The molecule has 0 aromatic heterocycles. The molecule has 0 heterocycles. The van der Waals surface area contributed by atoms with Crippen LogP contribution in [0.4, 0.5) is 0 Å². The molecule has 1 aliphatic carbocycles. The van der Waals surface area contributed by atoms with E-state index in [1.165, 1.54) is 12.0 Å². The average molecular weight is 355 g/mol. The summed E-state index contributed by atoms with van der Waals surface area (Å²) in [5, 5.41) is 0. The molecule has 1 unspecified atom stereocenters. The van der Waals surface area contributed by atoms with Gasteiger partial charge in [0.15, 0.2) is 5.78 Å². The zero-order valence-electron chi connectivity index (χ0n) is 15.0. The summed E-state index contributed by atoms with van der Waals surface area (Å²) in [7, 11) is 0. The van der Waals surface area contributed by atoms with E-state index in [2.05, 4.69) is 25.1 Å². The Morgan fingerprint density at radius 1 is 1.00 bits per heavy atom. The number of aryl methyl sites for hydroxylation is 1. The third kappa shape index (κ3) is 3.67. The molecule has 1 atom stereocenters. The lowest BCUT2D eigenvalue weighted by Crippen LogP contribution is -2.40. The minimum atomic E-state index is -0.951. The average Bonchev–Trinajstić information content (AvgIpc) is 2.69. The maximum Gasteiger partial charge on any atom is 0.188 e. The minimum Gasteiger partial charge on any atom is -0.292 e. The standard InChI is InChI=1S/C23H27ClO/c1-2-11-18-12-9-10-17-21(18)23(24,20-15-7-4-8-16-20)22(25)19-13-5-3-6-14-19/h3,5-6,9-10,12-14,17,20H,2,4,7-8,11,15-16H2,1H3. The summed E-state index contributed by atoms with van der Waals surface area (Å²) < 4.78 is 0. The fourth-order valence-corrected chi connectivity index (χ4v) is 4.70. The van der Waals surface area contributed by atoms with Crippen LogP contribution < -0.4 is 0 Å². The highest BCUT2D eigenvalue weighted by molar-refractivity contribution is 6.38. The van der Waals surface area contributed by atoms with Crippen molar-refractivity contribution in [1.82, 2.24) is 0 Å². The fraction of sp³-hybridized carbons (Fsp3) is 0.435. The van der Waals surface area contributed by atoms with Gasteiger partial charge in [-0.3, -0.25) is 4.79 Å². The number of carbonyl (C=O) groups excluding carboxylic acids is 1. The highest BCUT2D eigenvalue weighted by Crippen LogP contribution is 2.47. The van der Waals surface area contributed by atoms with Gasteiger partial charge >= 0.3 is 0 Å². The van der Waals surface area contributed by atoms with Crippen molar-refractivity contribution in [2.45, 2.75) is 56.7 Å². The number of halogens is 1. The Morgan fingerprint density at radius 3 is 2.32 bits per heavy atom. The predicted octanol–water partition coefficient (Wildman–Crippen LogP) is 6.54. The summed E-state index contributed by atoms with van der Waals surface area (Å²) in [6.45, 7) is 2.17. The fourth-order valence-electron chi connectivity index (χ4n) is 4.19. The van der Waals surface area contributed by atoms with Crippen molar-refractivity contribution in [2.24, 2.45) is 5.92 Å². The van der Waals surface area contributed by atoms with Crippen LogP contribution in [0.2, 0.25) is 0 Å². The van der Waals surface area contributed by atoms with Crippen molar-refractivity contribution in [3.63, 3.8) is 0 Å². The zero-order valence-corrected chi connectivity index (χ0v) is 15.8. The molecule has 1 nitrogen and oxygen atoms in total. The van der Waals surface area contributed by atoms with Crippen molar-refractivity contribution in [3.05, 3.63) is 71.3 Å². The number of ketones is 1. The molecule has 0 amide bonds. The highest BCUT2D eigenvalue weighted by atomic mass is 35.5. The van der Waals surface area contributed by atoms with Crippen LogP contribution >= 0.6 is 11.6 Å². The van der Waals surface area contributed by atoms with E-state index in [-0.39, 0.29) is 11.7 Å². The highest BCUT2D eigenvalue weighted by Gasteiger charge is 2.46. The van der Waals surface area contributed by atoms with Gasteiger partial charge in [0.25, 0.3) is 0 Å². The molecule has 132 valence electrons. The Balaban J connectivity index is 2.11. The maximum atomic E-state index is 13.6. The SMILES string of the molecule is CCCc1ccccc1C(Cl)(C(=O)c1ccccc1)C1CCCCC1. The smallest absolute Gasteiger partial charge is 0.188 e. The summed E-state index contributed by atoms with van der Waals surface area (Å²) in [5.41, 5.74) is 2.96. The van der Waals surface area contributed by atoms with Gasteiger partial charge in [0.2, 0.25) is 0 Å². The molecule has 0 saturated heterocycles. The second-order valence-corrected chi connectivity index (χ2v) is 7.75. The van der Waals surface area contributed by atoms with Crippen LogP contribution in [-0.4, -0.2) is 5.78 Å². The molecule has 0 radical (unpaired) electrons. The number of carbonyl (C=O) groups is 1. The van der Waals surface area contributed by atoms with Gasteiger partial charge in [-0.2, -0.15) is 0 Å². The summed E-state index contributed by atoms with van der Waals surface area (Å²) >= 11 is 7.32. The summed E-state index contributed by atoms with van der Waals surface area (Å²) in [6.07, 6.45) is 7.65.